The van der Waals surface area contributed by atoms with Crippen molar-refractivity contribution in [3.63, 3.8) is 0 Å². The molecule has 0 bridgehead atoms. The highest BCUT2D eigenvalue weighted by Crippen LogP contribution is 2.37. The summed E-state index contributed by atoms with van der Waals surface area (Å²) in [7, 11) is 0. The highest BCUT2D eigenvalue weighted by Gasteiger charge is 2.34. The number of hydrogen-bond donors (Lipinski definition) is 0. The Labute approximate surface area is 114 Å². The van der Waals surface area contributed by atoms with Crippen molar-refractivity contribution in [1.29, 1.82) is 0 Å². The van der Waals surface area contributed by atoms with Gasteiger partial charge < -0.3 is 9.47 Å². The minimum Gasteiger partial charge on any atom is -0.379 e. The smallest absolute Gasteiger partial charge is 0.0772 e. The quantitative estimate of drug-likeness (QED) is 0.399. The van der Waals surface area contributed by atoms with Crippen molar-refractivity contribution in [2.45, 2.75) is 51.6 Å². The van der Waals surface area contributed by atoms with Crippen LogP contribution in [0, 0.1) is 5.92 Å². The summed E-state index contributed by atoms with van der Waals surface area (Å²) in [6.45, 7) is 6.62. The summed E-state index contributed by atoms with van der Waals surface area (Å²) in [5.41, 5.74) is 0.156. The van der Waals surface area contributed by atoms with Crippen LogP contribution >= 0.6 is 22.6 Å². The van der Waals surface area contributed by atoms with E-state index < -0.39 is 0 Å². The van der Waals surface area contributed by atoms with Gasteiger partial charge in [-0.1, -0.05) is 35.9 Å². The van der Waals surface area contributed by atoms with Crippen molar-refractivity contribution in [3.05, 3.63) is 0 Å². The van der Waals surface area contributed by atoms with Crippen molar-refractivity contribution >= 4 is 22.6 Å². The van der Waals surface area contributed by atoms with Crippen LogP contribution in [0.4, 0.5) is 0 Å². The lowest BCUT2D eigenvalue weighted by Crippen LogP contribution is -2.39. The molecule has 3 heteroatoms. The first-order valence-electron chi connectivity index (χ1n) is 6.54. The van der Waals surface area contributed by atoms with Gasteiger partial charge in [0.05, 0.1) is 18.8 Å². The zero-order chi connectivity index (χ0) is 11.9. The molecule has 1 aliphatic carbocycles. The molecule has 1 fully saturated rings. The van der Waals surface area contributed by atoms with Gasteiger partial charge in [0.25, 0.3) is 0 Å². The lowest BCUT2D eigenvalue weighted by atomic mass is 9.79. The summed E-state index contributed by atoms with van der Waals surface area (Å²) in [6.07, 6.45) is 6.49. The van der Waals surface area contributed by atoms with Gasteiger partial charge in [0.1, 0.15) is 0 Å². The number of ether oxygens (including phenoxy) is 2. The molecular weight excluding hydrogens is 315 g/mol. The first-order chi connectivity index (χ1) is 7.76. The van der Waals surface area contributed by atoms with Crippen LogP contribution in [0.15, 0.2) is 0 Å². The maximum atomic E-state index is 6.08. The van der Waals surface area contributed by atoms with Gasteiger partial charge >= 0.3 is 0 Å². The van der Waals surface area contributed by atoms with E-state index in [4.69, 9.17) is 9.47 Å². The van der Waals surface area contributed by atoms with Crippen LogP contribution in [0.3, 0.4) is 0 Å². The Balaban J connectivity index is 2.28. The van der Waals surface area contributed by atoms with Crippen molar-refractivity contribution < 1.29 is 9.47 Å². The monoisotopic (exact) mass is 340 g/mol. The number of hydrogen-bond acceptors (Lipinski definition) is 2. The van der Waals surface area contributed by atoms with E-state index in [2.05, 4.69) is 29.5 Å². The molecule has 0 aromatic carbocycles. The van der Waals surface area contributed by atoms with E-state index in [0.29, 0.717) is 0 Å². The Bertz CT molecular complexity index is 177. The Morgan fingerprint density at radius 1 is 1.19 bits per heavy atom. The molecule has 0 atom stereocenters. The van der Waals surface area contributed by atoms with Gasteiger partial charge in [0.2, 0.25) is 0 Å². The van der Waals surface area contributed by atoms with E-state index in [1.54, 1.807) is 0 Å². The van der Waals surface area contributed by atoms with Crippen LogP contribution in [0.1, 0.15) is 46.0 Å². The zero-order valence-corrected chi connectivity index (χ0v) is 12.8. The Morgan fingerprint density at radius 2 is 1.88 bits per heavy atom. The third kappa shape index (κ3) is 4.49. The second-order valence-electron chi connectivity index (χ2n) is 4.71. The van der Waals surface area contributed by atoms with Crippen molar-refractivity contribution in [3.8, 4) is 0 Å². The van der Waals surface area contributed by atoms with Crippen LogP contribution in [0.25, 0.3) is 0 Å². The highest BCUT2D eigenvalue weighted by atomic mass is 127. The molecule has 0 aromatic heterocycles. The fourth-order valence-corrected chi connectivity index (χ4v) is 3.37. The summed E-state index contributed by atoms with van der Waals surface area (Å²) in [5, 5.41) is 0. The molecule has 0 amide bonds. The van der Waals surface area contributed by atoms with E-state index >= 15 is 0 Å². The van der Waals surface area contributed by atoms with Crippen LogP contribution in [0.5, 0.6) is 0 Å². The number of halogens is 1. The molecule has 0 heterocycles. The van der Waals surface area contributed by atoms with Gasteiger partial charge in [-0.2, -0.15) is 0 Å². The molecule has 1 rings (SSSR count). The lowest BCUT2D eigenvalue weighted by molar-refractivity contribution is -0.0769. The predicted molar refractivity (Wildman–Crippen MR) is 76.3 cm³/mol. The van der Waals surface area contributed by atoms with E-state index in [9.17, 15) is 0 Å². The lowest BCUT2D eigenvalue weighted by Gasteiger charge is -2.38. The minimum absolute atomic E-state index is 0.156. The van der Waals surface area contributed by atoms with E-state index in [-0.39, 0.29) is 5.60 Å². The van der Waals surface area contributed by atoms with Crippen LogP contribution in [0.2, 0.25) is 0 Å². The molecule has 96 valence electrons. The van der Waals surface area contributed by atoms with Gasteiger partial charge in [-0.05, 0) is 38.5 Å². The first-order valence-corrected chi connectivity index (χ1v) is 8.06. The zero-order valence-electron chi connectivity index (χ0n) is 10.6. The predicted octanol–water partition coefficient (Wildman–Crippen LogP) is 3.81. The summed E-state index contributed by atoms with van der Waals surface area (Å²) in [5.74, 6) is 0.937. The summed E-state index contributed by atoms with van der Waals surface area (Å²) in [4.78, 5) is 0. The first kappa shape index (κ1) is 14.7. The highest BCUT2D eigenvalue weighted by molar-refractivity contribution is 14.1. The van der Waals surface area contributed by atoms with Crippen LogP contribution in [-0.4, -0.2) is 29.8 Å². The average Bonchev–Trinajstić information content (AvgIpc) is 2.35. The maximum absolute atomic E-state index is 6.08. The van der Waals surface area contributed by atoms with E-state index in [1.807, 2.05) is 6.92 Å². The minimum atomic E-state index is 0.156. The number of alkyl halides is 1. The number of rotatable bonds is 7. The Kier molecular flexibility index (Phi) is 7.24. The molecule has 0 aromatic rings. The van der Waals surface area contributed by atoms with Crippen LogP contribution in [-0.2, 0) is 9.47 Å². The van der Waals surface area contributed by atoms with Crippen molar-refractivity contribution in [1.82, 2.24) is 0 Å². The van der Waals surface area contributed by atoms with Gasteiger partial charge in [-0.3, -0.25) is 0 Å². The third-order valence-electron chi connectivity index (χ3n) is 3.68. The molecule has 0 saturated heterocycles. The van der Waals surface area contributed by atoms with Crippen molar-refractivity contribution in [2.24, 2.45) is 5.92 Å². The molecule has 0 unspecified atom stereocenters. The second-order valence-corrected chi connectivity index (χ2v) is 5.48. The summed E-state index contributed by atoms with van der Waals surface area (Å²) >= 11 is 2.47. The molecular formula is C13H25IO2. The van der Waals surface area contributed by atoms with E-state index in [1.165, 1.54) is 32.1 Å². The van der Waals surface area contributed by atoms with Crippen molar-refractivity contribution in [2.75, 3.05) is 24.2 Å². The maximum Gasteiger partial charge on any atom is 0.0772 e. The third-order valence-corrected chi connectivity index (χ3v) is 5.07. The SMILES string of the molecule is CCOCCOC1(CI)CCC(CC)CC1. The largest absolute Gasteiger partial charge is 0.379 e. The molecule has 1 aliphatic rings. The molecule has 1 saturated carbocycles. The standard InChI is InChI=1S/C13H25IO2/c1-3-12-5-7-13(11-14,8-6-12)16-10-9-15-4-2/h12H,3-11H2,1-2H3. The molecule has 0 N–H and O–H groups in total. The molecule has 0 aliphatic heterocycles. The van der Waals surface area contributed by atoms with E-state index in [0.717, 1.165) is 30.2 Å². The van der Waals surface area contributed by atoms with Gasteiger partial charge in [0, 0.05) is 11.0 Å². The molecule has 0 spiro atoms. The molecule has 2 nitrogen and oxygen atoms in total. The topological polar surface area (TPSA) is 18.5 Å². The molecule has 16 heavy (non-hydrogen) atoms. The van der Waals surface area contributed by atoms with Gasteiger partial charge in [0.15, 0.2) is 0 Å². The van der Waals surface area contributed by atoms with Crippen LogP contribution < -0.4 is 0 Å². The average molecular weight is 340 g/mol. The normalized spacial score (nSPS) is 30.6. The van der Waals surface area contributed by atoms with Gasteiger partial charge in [-0.15, -0.1) is 0 Å². The second kappa shape index (κ2) is 7.88. The Morgan fingerprint density at radius 3 is 2.38 bits per heavy atom. The van der Waals surface area contributed by atoms with Gasteiger partial charge in [-0.25, -0.2) is 0 Å². The molecule has 0 radical (unpaired) electrons. The fraction of sp³-hybridized carbons (Fsp3) is 1.00. The summed E-state index contributed by atoms with van der Waals surface area (Å²) in [6, 6.07) is 0. The Hall–Kier alpha value is 0.650. The fourth-order valence-electron chi connectivity index (χ4n) is 2.39. The summed E-state index contributed by atoms with van der Waals surface area (Å²) < 4.78 is 12.5.